The molecule has 0 heterocycles. The largest absolute Gasteiger partial charge is 0.497 e. The molecule has 0 saturated heterocycles. The fourth-order valence-electron chi connectivity index (χ4n) is 2.32. The van der Waals surface area contributed by atoms with Crippen molar-refractivity contribution in [3.63, 3.8) is 0 Å². The highest BCUT2D eigenvalue weighted by Crippen LogP contribution is 2.33. The number of carboxylic acid groups (broad SMARTS) is 1. The maximum Gasteiger partial charge on any atom is 0.339 e. The first-order valence-corrected chi connectivity index (χ1v) is 7.54. The molecule has 25 heavy (non-hydrogen) atoms. The van der Waals surface area contributed by atoms with Crippen LogP contribution in [0, 0.1) is 0 Å². The molecule has 0 radical (unpaired) electrons. The number of nitrogens with one attached hydrogen (secondary N) is 1. The van der Waals surface area contributed by atoms with Crippen molar-refractivity contribution in [2.45, 2.75) is 6.92 Å². The highest BCUT2D eigenvalue weighted by Gasteiger charge is 2.22. The Hall–Kier alpha value is -3.22. The molecule has 0 unspecified atom stereocenters. The Morgan fingerprint density at radius 2 is 1.84 bits per heavy atom. The van der Waals surface area contributed by atoms with Crippen LogP contribution in [-0.2, 0) is 4.74 Å². The molecule has 0 aliphatic rings. The van der Waals surface area contributed by atoms with Gasteiger partial charge in [0.1, 0.15) is 11.5 Å². The topological polar surface area (TPSA) is 94.1 Å². The number of hydrogen-bond acceptors (Lipinski definition) is 6. The summed E-state index contributed by atoms with van der Waals surface area (Å²) < 4.78 is 15.4. The van der Waals surface area contributed by atoms with Crippen LogP contribution in [0.15, 0.2) is 36.4 Å². The minimum atomic E-state index is -1.24. The summed E-state index contributed by atoms with van der Waals surface area (Å²) in [6, 6.07) is 9.63. The third-order valence-electron chi connectivity index (χ3n) is 3.45. The van der Waals surface area contributed by atoms with Crippen molar-refractivity contribution in [1.82, 2.24) is 0 Å². The van der Waals surface area contributed by atoms with Gasteiger partial charge in [-0.1, -0.05) is 6.07 Å². The third kappa shape index (κ3) is 4.00. The monoisotopic (exact) mass is 345 g/mol. The zero-order valence-electron chi connectivity index (χ0n) is 14.2. The van der Waals surface area contributed by atoms with E-state index in [2.05, 4.69) is 5.32 Å². The van der Waals surface area contributed by atoms with Crippen molar-refractivity contribution >= 4 is 23.3 Å². The average molecular weight is 345 g/mol. The Morgan fingerprint density at radius 1 is 1.08 bits per heavy atom. The Kier molecular flexibility index (Phi) is 5.84. The van der Waals surface area contributed by atoms with Gasteiger partial charge in [0, 0.05) is 6.07 Å². The van der Waals surface area contributed by atoms with E-state index < -0.39 is 11.9 Å². The van der Waals surface area contributed by atoms with Gasteiger partial charge < -0.3 is 24.6 Å². The normalized spacial score (nSPS) is 10.0. The van der Waals surface area contributed by atoms with Crippen LogP contribution in [0.4, 0.5) is 11.4 Å². The quantitative estimate of drug-likeness (QED) is 0.743. The van der Waals surface area contributed by atoms with Crippen molar-refractivity contribution < 1.29 is 28.9 Å². The van der Waals surface area contributed by atoms with Crippen LogP contribution in [0.2, 0.25) is 0 Å². The number of methoxy groups -OCH3 is 2. The number of hydrogen-bond donors (Lipinski definition) is 2. The molecule has 0 aliphatic carbocycles. The number of rotatable bonds is 7. The Labute approximate surface area is 145 Å². The number of carbonyl (C=O) groups excluding carboxylic acids is 1. The average Bonchev–Trinajstić information content (AvgIpc) is 2.61. The lowest BCUT2D eigenvalue weighted by Crippen LogP contribution is -2.14. The fourth-order valence-corrected chi connectivity index (χ4v) is 2.32. The predicted octanol–water partition coefficient (Wildman–Crippen LogP) is 3.32. The number of esters is 1. The van der Waals surface area contributed by atoms with Crippen molar-refractivity contribution in [2.75, 3.05) is 26.1 Å². The summed E-state index contributed by atoms with van der Waals surface area (Å²) >= 11 is 0. The lowest BCUT2D eigenvalue weighted by molar-refractivity contribution is 0.0515. The fraction of sp³-hybridized carbons (Fsp3) is 0.222. The number of aromatic carboxylic acids is 1. The van der Waals surface area contributed by atoms with Gasteiger partial charge in [0.2, 0.25) is 0 Å². The molecule has 2 aromatic rings. The summed E-state index contributed by atoms with van der Waals surface area (Å²) in [5, 5.41) is 12.6. The predicted molar refractivity (Wildman–Crippen MR) is 92.2 cm³/mol. The molecule has 0 amide bonds. The van der Waals surface area contributed by atoms with Gasteiger partial charge in [-0.15, -0.1) is 0 Å². The minimum Gasteiger partial charge on any atom is -0.497 e. The summed E-state index contributed by atoms with van der Waals surface area (Å²) in [6.07, 6.45) is 0. The van der Waals surface area contributed by atoms with Crippen LogP contribution >= 0.6 is 0 Å². The molecule has 0 atom stereocenters. The van der Waals surface area contributed by atoms with Gasteiger partial charge in [-0.25, -0.2) is 9.59 Å². The first-order valence-electron chi connectivity index (χ1n) is 7.54. The van der Waals surface area contributed by atoms with E-state index in [1.54, 1.807) is 37.3 Å². The van der Waals surface area contributed by atoms with E-state index in [9.17, 15) is 14.7 Å². The van der Waals surface area contributed by atoms with Gasteiger partial charge in [0.05, 0.1) is 43.3 Å². The molecule has 0 bridgehead atoms. The van der Waals surface area contributed by atoms with Crippen LogP contribution in [-0.4, -0.2) is 37.9 Å². The lowest BCUT2D eigenvalue weighted by atomic mass is 10.0. The SMILES string of the molecule is CCOC(=O)c1cccc(Nc2cc(OC)ccc2OC)c1C(=O)O. The molecule has 0 spiro atoms. The van der Waals surface area contributed by atoms with E-state index in [1.807, 2.05) is 0 Å². The molecule has 2 N–H and O–H groups in total. The summed E-state index contributed by atoms with van der Waals surface area (Å²) in [6.45, 7) is 1.81. The Balaban J connectivity index is 2.51. The van der Waals surface area contributed by atoms with Crippen molar-refractivity contribution in [2.24, 2.45) is 0 Å². The second-order valence-corrected chi connectivity index (χ2v) is 4.94. The summed E-state index contributed by atoms with van der Waals surface area (Å²) in [4.78, 5) is 23.8. The van der Waals surface area contributed by atoms with E-state index in [4.69, 9.17) is 14.2 Å². The first-order chi connectivity index (χ1) is 12.0. The van der Waals surface area contributed by atoms with Crippen LogP contribution in [0.1, 0.15) is 27.6 Å². The van der Waals surface area contributed by atoms with Gasteiger partial charge in [0.25, 0.3) is 0 Å². The zero-order valence-corrected chi connectivity index (χ0v) is 14.2. The number of benzene rings is 2. The van der Waals surface area contributed by atoms with Gasteiger partial charge in [-0.05, 0) is 31.2 Å². The highest BCUT2D eigenvalue weighted by atomic mass is 16.5. The summed E-state index contributed by atoms with van der Waals surface area (Å²) in [5.41, 5.74) is 0.544. The molecule has 0 aromatic heterocycles. The smallest absolute Gasteiger partial charge is 0.339 e. The molecule has 0 aliphatic heterocycles. The molecule has 2 rings (SSSR count). The molecule has 7 nitrogen and oxygen atoms in total. The highest BCUT2D eigenvalue weighted by molar-refractivity contribution is 6.07. The summed E-state index contributed by atoms with van der Waals surface area (Å²) in [5.74, 6) is -0.866. The van der Waals surface area contributed by atoms with Crippen LogP contribution in [0.25, 0.3) is 0 Å². The molecule has 0 saturated carbocycles. The Morgan fingerprint density at radius 3 is 2.44 bits per heavy atom. The maximum absolute atomic E-state index is 12.0. The van der Waals surface area contributed by atoms with Crippen molar-refractivity contribution in [3.8, 4) is 11.5 Å². The molecular weight excluding hydrogens is 326 g/mol. The maximum atomic E-state index is 12.0. The molecule has 0 fully saturated rings. The standard InChI is InChI=1S/C18H19NO6/c1-4-25-18(22)12-6-5-7-13(16(12)17(20)21)19-14-10-11(23-2)8-9-15(14)24-3/h5-10,19H,4H2,1-3H3,(H,20,21). The lowest BCUT2D eigenvalue weighted by Gasteiger charge is -2.16. The van der Waals surface area contributed by atoms with E-state index in [0.717, 1.165) is 0 Å². The second kappa shape index (κ2) is 8.05. The molecule has 2 aromatic carbocycles. The first kappa shape index (κ1) is 18.1. The zero-order chi connectivity index (χ0) is 18.4. The molecular formula is C18H19NO6. The minimum absolute atomic E-state index is 0.0267. The number of anilines is 2. The van der Waals surface area contributed by atoms with Crippen LogP contribution < -0.4 is 14.8 Å². The summed E-state index contributed by atoms with van der Waals surface area (Å²) in [7, 11) is 3.02. The van der Waals surface area contributed by atoms with E-state index in [-0.39, 0.29) is 23.4 Å². The van der Waals surface area contributed by atoms with Gasteiger partial charge in [-0.2, -0.15) is 0 Å². The van der Waals surface area contributed by atoms with Crippen molar-refractivity contribution in [3.05, 3.63) is 47.5 Å². The third-order valence-corrected chi connectivity index (χ3v) is 3.45. The van der Waals surface area contributed by atoms with Crippen LogP contribution in [0.5, 0.6) is 11.5 Å². The van der Waals surface area contributed by atoms with Crippen LogP contribution in [0.3, 0.4) is 0 Å². The van der Waals surface area contributed by atoms with E-state index in [0.29, 0.717) is 17.2 Å². The number of carboxylic acids is 1. The Bertz CT molecular complexity index is 787. The van der Waals surface area contributed by atoms with E-state index >= 15 is 0 Å². The van der Waals surface area contributed by atoms with Crippen molar-refractivity contribution in [1.29, 1.82) is 0 Å². The van der Waals surface area contributed by atoms with Gasteiger partial charge in [-0.3, -0.25) is 0 Å². The number of ether oxygens (including phenoxy) is 3. The molecule has 132 valence electrons. The van der Waals surface area contributed by atoms with Gasteiger partial charge in [0.15, 0.2) is 0 Å². The molecule has 7 heteroatoms. The van der Waals surface area contributed by atoms with E-state index in [1.165, 1.54) is 20.3 Å². The van der Waals surface area contributed by atoms with Gasteiger partial charge >= 0.3 is 11.9 Å². The second-order valence-electron chi connectivity index (χ2n) is 4.94. The number of carbonyl (C=O) groups is 2.